The van der Waals surface area contributed by atoms with Crippen molar-refractivity contribution in [3.63, 3.8) is 0 Å². The summed E-state index contributed by atoms with van der Waals surface area (Å²) >= 11 is 0. The number of primary amides is 1. The molecule has 3 aromatic heterocycles. The number of carbonyl (C=O) groups excluding carboxylic acids is 5. The molecule has 1 aliphatic heterocycles. The van der Waals surface area contributed by atoms with E-state index in [0.717, 1.165) is 32.1 Å². The molecule has 0 unspecified atom stereocenters. The normalized spacial score (nSPS) is 19.5. The summed E-state index contributed by atoms with van der Waals surface area (Å²) in [5.41, 5.74) is 5.41. The number of hydrogen-bond donors (Lipinski definition) is 4. The molecular formula is C31H39N9O6. The molecule has 46 heavy (non-hydrogen) atoms. The number of hydrogen-bond acceptors (Lipinski definition) is 10. The van der Waals surface area contributed by atoms with E-state index in [9.17, 15) is 29.1 Å². The fourth-order valence-electron chi connectivity index (χ4n) is 6.30. The first kappa shape index (κ1) is 32.6. The SMILES string of the molecule is CC(C)(O)c1cnnn1[C@H]1C[C@@H](C(=O)NCC(=O)C(N)=O)N(C(=O)[C@@H](CC2CCCCC2)NC(=O)c2ccc3ncccc3n2)C1. The van der Waals surface area contributed by atoms with Crippen molar-refractivity contribution >= 4 is 40.4 Å². The van der Waals surface area contributed by atoms with Crippen molar-refractivity contribution in [2.75, 3.05) is 13.1 Å². The number of aromatic nitrogens is 5. The molecule has 3 aromatic rings. The zero-order valence-corrected chi connectivity index (χ0v) is 25.9. The van der Waals surface area contributed by atoms with Gasteiger partial charge in [0.1, 0.15) is 23.4 Å². The first-order chi connectivity index (χ1) is 21.9. The van der Waals surface area contributed by atoms with Crippen LogP contribution in [0, 0.1) is 5.92 Å². The second-order valence-corrected chi connectivity index (χ2v) is 12.5. The summed E-state index contributed by atoms with van der Waals surface area (Å²) in [6.07, 6.45) is 8.48. The van der Waals surface area contributed by atoms with Crippen LogP contribution < -0.4 is 16.4 Å². The first-order valence-electron chi connectivity index (χ1n) is 15.5. The van der Waals surface area contributed by atoms with Crippen LogP contribution in [0.25, 0.3) is 11.0 Å². The lowest BCUT2D eigenvalue weighted by atomic mass is 9.84. The number of amides is 4. The fraction of sp³-hybridized carbons (Fsp3) is 0.516. The summed E-state index contributed by atoms with van der Waals surface area (Å²) in [7, 11) is 0. The Balaban J connectivity index is 1.44. The lowest BCUT2D eigenvalue weighted by Gasteiger charge is -2.31. The van der Waals surface area contributed by atoms with Crippen LogP contribution in [0.3, 0.4) is 0 Å². The van der Waals surface area contributed by atoms with Gasteiger partial charge in [0, 0.05) is 19.2 Å². The van der Waals surface area contributed by atoms with Gasteiger partial charge in [-0.25, -0.2) is 9.67 Å². The second kappa shape index (κ2) is 13.7. The molecule has 0 aromatic carbocycles. The van der Waals surface area contributed by atoms with Crippen molar-refractivity contribution in [1.29, 1.82) is 0 Å². The first-order valence-corrected chi connectivity index (χ1v) is 15.5. The molecule has 1 saturated carbocycles. The summed E-state index contributed by atoms with van der Waals surface area (Å²) in [5.74, 6) is -3.67. The highest BCUT2D eigenvalue weighted by Crippen LogP contribution is 2.33. The van der Waals surface area contributed by atoms with Crippen LogP contribution in [0.5, 0.6) is 0 Å². The Morgan fingerprint density at radius 2 is 1.85 bits per heavy atom. The smallest absolute Gasteiger partial charge is 0.286 e. The number of nitrogens with zero attached hydrogens (tertiary/aromatic N) is 6. The Kier molecular flexibility index (Phi) is 9.70. The molecule has 2 fully saturated rings. The number of carbonyl (C=O) groups is 5. The molecule has 1 aliphatic carbocycles. The van der Waals surface area contributed by atoms with E-state index in [4.69, 9.17) is 5.73 Å². The zero-order valence-electron chi connectivity index (χ0n) is 25.9. The number of rotatable bonds is 11. The Bertz CT molecular complexity index is 1630. The van der Waals surface area contributed by atoms with Crippen molar-refractivity contribution in [2.24, 2.45) is 11.7 Å². The van der Waals surface area contributed by atoms with Crippen LogP contribution in [0.4, 0.5) is 0 Å². The summed E-state index contributed by atoms with van der Waals surface area (Å²) in [6, 6.07) is 4.08. The molecule has 244 valence electrons. The van der Waals surface area contributed by atoms with Crippen molar-refractivity contribution in [3.8, 4) is 0 Å². The maximum Gasteiger partial charge on any atom is 0.286 e. The average Bonchev–Trinajstić information content (AvgIpc) is 3.71. The molecule has 0 radical (unpaired) electrons. The van der Waals surface area contributed by atoms with Crippen molar-refractivity contribution in [2.45, 2.75) is 82.5 Å². The fourth-order valence-corrected chi connectivity index (χ4v) is 6.30. The third-order valence-electron chi connectivity index (χ3n) is 8.70. The van der Waals surface area contributed by atoms with Crippen LogP contribution in [0.2, 0.25) is 0 Å². The van der Waals surface area contributed by atoms with E-state index in [0.29, 0.717) is 23.1 Å². The largest absolute Gasteiger partial charge is 0.384 e. The molecule has 0 spiro atoms. The molecular weight excluding hydrogens is 594 g/mol. The van der Waals surface area contributed by atoms with Crippen LogP contribution in [-0.2, 0) is 24.8 Å². The maximum atomic E-state index is 14.4. The van der Waals surface area contributed by atoms with Gasteiger partial charge < -0.3 is 26.4 Å². The van der Waals surface area contributed by atoms with Crippen molar-refractivity contribution in [1.82, 2.24) is 40.5 Å². The van der Waals surface area contributed by atoms with Gasteiger partial charge in [0.05, 0.1) is 35.5 Å². The van der Waals surface area contributed by atoms with Gasteiger partial charge in [-0.15, -0.1) is 5.10 Å². The summed E-state index contributed by atoms with van der Waals surface area (Å²) in [4.78, 5) is 74.6. The molecule has 4 amide bonds. The van der Waals surface area contributed by atoms with Crippen LogP contribution in [0.15, 0.2) is 36.7 Å². The van der Waals surface area contributed by atoms with Gasteiger partial charge in [-0.05, 0) is 50.5 Å². The Morgan fingerprint density at radius 1 is 1.09 bits per heavy atom. The number of fused-ring (bicyclic) bond motifs is 1. The van der Waals surface area contributed by atoms with E-state index >= 15 is 0 Å². The van der Waals surface area contributed by atoms with Crippen molar-refractivity contribution in [3.05, 3.63) is 48.0 Å². The van der Waals surface area contributed by atoms with E-state index in [-0.39, 0.29) is 24.6 Å². The van der Waals surface area contributed by atoms with E-state index in [1.165, 1.54) is 15.8 Å². The number of nitrogens with one attached hydrogen (secondary N) is 2. The molecule has 5 N–H and O–H groups in total. The minimum absolute atomic E-state index is 0.0179. The van der Waals surface area contributed by atoms with Crippen LogP contribution in [-0.4, -0.2) is 89.6 Å². The standard InChI is InChI=1S/C31H39N9O6/c1-31(2,46)26-16-35-38-40(26)19-14-24(29(44)34-15-25(41)27(32)42)39(17-19)30(45)23(13-18-7-4-3-5-8-18)37-28(43)22-11-10-20-21(36-22)9-6-12-33-20/h6,9-12,16,18-19,23-24,46H,3-5,7-8,13-15,17H2,1-2H3,(H2,32,42)(H,34,44)(H,37,43)/t19-,23+,24-/m0/s1. The van der Waals surface area contributed by atoms with E-state index in [1.54, 1.807) is 44.3 Å². The molecule has 4 heterocycles. The monoisotopic (exact) mass is 633 g/mol. The molecule has 2 aliphatic rings. The average molecular weight is 634 g/mol. The molecule has 1 saturated heterocycles. The van der Waals surface area contributed by atoms with E-state index in [1.807, 2.05) is 0 Å². The number of nitrogens with two attached hydrogens (primary N) is 1. The molecule has 15 nitrogen and oxygen atoms in total. The van der Waals surface area contributed by atoms with Gasteiger partial charge in [-0.2, -0.15) is 0 Å². The van der Waals surface area contributed by atoms with E-state index < -0.39 is 59.7 Å². The number of likely N-dealkylation sites (tertiary alicyclic amines) is 1. The van der Waals surface area contributed by atoms with Crippen LogP contribution >= 0.6 is 0 Å². The van der Waals surface area contributed by atoms with Crippen LogP contribution in [0.1, 0.15) is 81.0 Å². The Labute approximate surface area is 265 Å². The predicted octanol–water partition coefficient (Wildman–Crippen LogP) is 0.530. The Hall–Kier alpha value is -4.79. The number of pyridine rings is 2. The molecule has 3 atom stereocenters. The van der Waals surface area contributed by atoms with E-state index in [2.05, 4.69) is 30.9 Å². The molecule has 15 heteroatoms. The molecule has 0 bridgehead atoms. The van der Waals surface area contributed by atoms with Gasteiger partial charge in [-0.1, -0.05) is 37.3 Å². The highest BCUT2D eigenvalue weighted by molar-refractivity contribution is 6.36. The molecule has 5 rings (SSSR count). The zero-order chi connectivity index (χ0) is 33.0. The van der Waals surface area contributed by atoms with Crippen molar-refractivity contribution < 1.29 is 29.1 Å². The number of Topliss-reactive ketones (excluding diaryl/α,β-unsaturated/α-hetero) is 1. The van der Waals surface area contributed by atoms with Gasteiger partial charge in [-0.3, -0.25) is 29.0 Å². The second-order valence-electron chi connectivity index (χ2n) is 12.5. The minimum Gasteiger partial charge on any atom is -0.384 e. The third-order valence-corrected chi connectivity index (χ3v) is 8.70. The maximum absolute atomic E-state index is 14.4. The summed E-state index contributed by atoms with van der Waals surface area (Å²) in [6.45, 7) is 2.54. The van der Waals surface area contributed by atoms with Gasteiger partial charge in [0.2, 0.25) is 17.6 Å². The van der Waals surface area contributed by atoms with Gasteiger partial charge >= 0.3 is 0 Å². The van der Waals surface area contributed by atoms with Gasteiger partial charge in [0.25, 0.3) is 11.8 Å². The Morgan fingerprint density at radius 3 is 2.57 bits per heavy atom. The topological polar surface area (TPSA) is 215 Å². The quantitative estimate of drug-likeness (QED) is 0.215. The van der Waals surface area contributed by atoms with Gasteiger partial charge in [0.15, 0.2) is 0 Å². The number of aliphatic hydroxyl groups is 1. The highest BCUT2D eigenvalue weighted by atomic mass is 16.3. The minimum atomic E-state index is -1.31. The number of ketones is 1. The third kappa shape index (κ3) is 7.36. The highest BCUT2D eigenvalue weighted by Gasteiger charge is 2.45. The summed E-state index contributed by atoms with van der Waals surface area (Å²) in [5, 5.41) is 24.1. The lowest BCUT2D eigenvalue weighted by molar-refractivity contribution is -0.141. The predicted molar refractivity (Wildman–Crippen MR) is 164 cm³/mol. The summed E-state index contributed by atoms with van der Waals surface area (Å²) < 4.78 is 1.49. The lowest BCUT2D eigenvalue weighted by Crippen LogP contribution is -2.54.